The Kier molecular flexibility index (Phi) is 4.12. The van der Waals surface area contributed by atoms with E-state index in [0.29, 0.717) is 18.4 Å². The van der Waals surface area contributed by atoms with Crippen LogP contribution in [0.5, 0.6) is 5.88 Å². The van der Waals surface area contributed by atoms with Crippen LogP contribution in [-0.2, 0) is 4.74 Å². The van der Waals surface area contributed by atoms with E-state index in [1.165, 1.54) is 0 Å². The third-order valence-electron chi connectivity index (χ3n) is 2.59. The fourth-order valence-electron chi connectivity index (χ4n) is 1.70. The van der Waals surface area contributed by atoms with Crippen LogP contribution in [0, 0.1) is 12.8 Å². The maximum Gasteiger partial charge on any atom is 0.217 e. The van der Waals surface area contributed by atoms with E-state index in [-0.39, 0.29) is 0 Å². The molecule has 0 saturated carbocycles. The standard InChI is InChI=1S/C11H15BrN2O2/c1-8-13-10(12)6-11(14-8)16-7-9-2-4-15-5-3-9/h6,9H,2-5,7H2,1H3. The molecule has 0 bridgehead atoms. The molecule has 0 aromatic carbocycles. The van der Waals surface area contributed by atoms with Gasteiger partial charge in [0.05, 0.1) is 6.61 Å². The van der Waals surface area contributed by atoms with E-state index in [9.17, 15) is 0 Å². The molecule has 1 aliphatic rings. The van der Waals surface area contributed by atoms with Crippen molar-refractivity contribution in [3.8, 4) is 5.88 Å². The second-order valence-corrected chi connectivity index (χ2v) is 4.76. The quantitative estimate of drug-likeness (QED) is 0.800. The van der Waals surface area contributed by atoms with Crippen LogP contribution in [0.3, 0.4) is 0 Å². The molecule has 0 amide bonds. The van der Waals surface area contributed by atoms with E-state index < -0.39 is 0 Å². The van der Waals surface area contributed by atoms with Crippen LogP contribution >= 0.6 is 15.9 Å². The summed E-state index contributed by atoms with van der Waals surface area (Å²) in [4.78, 5) is 8.36. The van der Waals surface area contributed by atoms with E-state index >= 15 is 0 Å². The Morgan fingerprint density at radius 2 is 2.19 bits per heavy atom. The predicted molar refractivity (Wildman–Crippen MR) is 63.5 cm³/mol. The number of hydrogen-bond acceptors (Lipinski definition) is 4. The van der Waals surface area contributed by atoms with E-state index in [2.05, 4.69) is 25.9 Å². The third-order valence-corrected chi connectivity index (χ3v) is 3.00. The van der Waals surface area contributed by atoms with Crippen LogP contribution in [-0.4, -0.2) is 29.8 Å². The van der Waals surface area contributed by atoms with E-state index in [0.717, 1.165) is 36.5 Å². The SMILES string of the molecule is Cc1nc(Br)cc(OCC2CCOCC2)n1. The van der Waals surface area contributed by atoms with Crippen molar-refractivity contribution < 1.29 is 9.47 Å². The van der Waals surface area contributed by atoms with Crippen molar-refractivity contribution in [1.82, 2.24) is 9.97 Å². The lowest BCUT2D eigenvalue weighted by Crippen LogP contribution is -2.21. The van der Waals surface area contributed by atoms with Gasteiger partial charge in [0.1, 0.15) is 10.4 Å². The third kappa shape index (κ3) is 3.42. The summed E-state index contributed by atoms with van der Waals surface area (Å²) in [6.45, 7) is 4.26. The Balaban J connectivity index is 1.88. The van der Waals surface area contributed by atoms with Crippen molar-refractivity contribution in [2.24, 2.45) is 5.92 Å². The number of halogens is 1. The summed E-state index contributed by atoms with van der Waals surface area (Å²) in [6, 6.07) is 1.80. The number of hydrogen-bond donors (Lipinski definition) is 0. The van der Waals surface area contributed by atoms with Gasteiger partial charge in [-0.15, -0.1) is 0 Å². The highest BCUT2D eigenvalue weighted by Gasteiger charge is 2.14. The summed E-state index contributed by atoms with van der Waals surface area (Å²) in [5.74, 6) is 1.95. The summed E-state index contributed by atoms with van der Waals surface area (Å²) in [5.41, 5.74) is 0. The number of rotatable bonds is 3. The van der Waals surface area contributed by atoms with Crippen LogP contribution in [0.4, 0.5) is 0 Å². The van der Waals surface area contributed by atoms with Gasteiger partial charge in [0.15, 0.2) is 0 Å². The summed E-state index contributed by atoms with van der Waals surface area (Å²) < 4.78 is 11.7. The Hall–Kier alpha value is -0.680. The van der Waals surface area contributed by atoms with Gasteiger partial charge in [0.2, 0.25) is 5.88 Å². The van der Waals surface area contributed by atoms with Gasteiger partial charge in [-0.1, -0.05) is 0 Å². The van der Waals surface area contributed by atoms with Crippen molar-refractivity contribution in [3.05, 3.63) is 16.5 Å². The molecule has 0 radical (unpaired) electrons. The maximum absolute atomic E-state index is 5.67. The largest absolute Gasteiger partial charge is 0.477 e. The van der Waals surface area contributed by atoms with Crippen molar-refractivity contribution in [3.63, 3.8) is 0 Å². The summed E-state index contributed by atoms with van der Waals surface area (Å²) in [7, 11) is 0. The first kappa shape index (κ1) is 11.8. The molecule has 0 spiro atoms. The minimum Gasteiger partial charge on any atom is -0.477 e. The first-order valence-electron chi connectivity index (χ1n) is 5.46. The Bertz CT molecular complexity index is 334. The average molecular weight is 287 g/mol. The first-order chi connectivity index (χ1) is 7.74. The Morgan fingerprint density at radius 3 is 2.88 bits per heavy atom. The number of aryl methyl sites for hydroxylation is 1. The van der Waals surface area contributed by atoms with Gasteiger partial charge in [-0.3, -0.25) is 0 Å². The lowest BCUT2D eigenvalue weighted by molar-refractivity contribution is 0.0490. The fourth-order valence-corrected chi connectivity index (χ4v) is 2.15. The zero-order valence-electron chi connectivity index (χ0n) is 9.28. The second kappa shape index (κ2) is 5.59. The maximum atomic E-state index is 5.67. The molecule has 0 N–H and O–H groups in total. The molecule has 1 fully saturated rings. The van der Waals surface area contributed by atoms with Gasteiger partial charge in [-0.2, -0.15) is 4.98 Å². The first-order valence-corrected chi connectivity index (χ1v) is 6.25. The van der Waals surface area contributed by atoms with Crippen LogP contribution in [0.15, 0.2) is 10.7 Å². The zero-order chi connectivity index (χ0) is 11.4. The van der Waals surface area contributed by atoms with Crippen LogP contribution in [0.2, 0.25) is 0 Å². The number of ether oxygens (including phenoxy) is 2. The van der Waals surface area contributed by atoms with Crippen molar-refractivity contribution in [2.75, 3.05) is 19.8 Å². The smallest absolute Gasteiger partial charge is 0.217 e. The topological polar surface area (TPSA) is 44.2 Å². The minimum absolute atomic E-state index is 0.586. The Morgan fingerprint density at radius 1 is 1.44 bits per heavy atom. The minimum atomic E-state index is 0.586. The number of aromatic nitrogens is 2. The van der Waals surface area contributed by atoms with Gasteiger partial charge in [0, 0.05) is 19.3 Å². The number of nitrogens with zero attached hydrogens (tertiary/aromatic N) is 2. The Labute approximate surface area is 104 Å². The monoisotopic (exact) mass is 286 g/mol. The molecule has 0 atom stereocenters. The highest BCUT2D eigenvalue weighted by Crippen LogP contribution is 2.18. The van der Waals surface area contributed by atoms with Crippen molar-refractivity contribution in [2.45, 2.75) is 19.8 Å². The fraction of sp³-hybridized carbons (Fsp3) is 0.636. The molecule has 88 valence electrons. The van der Waals surface area contributed by atoms with Crippen molar-refractivity contribution in [1.29, 1.82) is 0 Å². The average Bonchev–Trinajstić information content (AvgIpc) is 2.27. The molecular formula is C11H15BrN2O2. The van der Waals surface area contributed by atoms with Gasteiger partial charge >= 0.3 is 0 Å². The van der Waals surface area contributed by atoms with Crippen LogP contribution in [0.25, 0.3) is 0 Å². The van der Waals surface area contributed by atoms with Crippen LogP contribution < -0.4 is 4.74 Å². The normalized spacial score (nSPS) is 17.4. The van der Waals surface area contributed by atoms with Crippen molar-refractivity contribution >= 4 is 15.9 Å². The summed E-state index contributed by atoms with van der Waals surface area (Å²) in [5, 5.41) is 0. The van der Waals surface area contributed by atoms with Gasteiger partial charge < -0.3 is 9.47 Å². The molecule has 2 heterocycles. The molecule has 1 aromatic heterocycles. The summed E-state index contributed by atoms with van der Waals surface area (Å²) in [6.07, 6.45) is 2.15. The molecule has 5 heteroatoms. The molecule has 0 aliphatic carbocycles. The second-order valence-electron chi connectivity index (χ2n) is 3.94. The summed E-state index contributed by atoms with van der Waals surface area (Å²) >= 11 is 3.33. The molecule has 0 unspecified atom stereocenters. The van der Waals surface area contributed by atoms with E-state index in [1.807, 2.05) is 6.92 Å². The lowest BCUT2D eigenvalue weighted by atomic mass is 10.0. The molecule has 1 aromatic rings. The molecule has 16 heavy (non-hydrogen) atoms. The van der Waals surface area contributed by atoms with Gasteiger partial charge in [-0.25, -0.2) is 4.98 Å². The van der Waals surface area contributed by atoms with Gasteiger partial charge in [-0.05, 0) is 41.6 Å². The van der Waals surface area contributed by atoms with E-state index in [1.54, 1.807) is 6.07 Å². The molecule has 2 rings (SSSR count). The lowest BCUT2D eigenvalue weighted by Gasteiger charge is -2.21. The predicted octanol–water partition coefficient (Wildman–Crippen LogP) is 2.35. The van der Waals surface area contributed by atoms with Crippen LogP contribution in [0.1, 0.15) is 18.7 Å². The molecule has 1 saturated heterocycles. The van der Waals surface area contributed by atoms with Gasteiger partial charge in [0.25, 0.3) is 0 Å². The molecule has 4 nitrogen and oxygen atoms in total. The molecular weight excluding hydrogens is 272 g/mol. The highest BCUT2D eigenvalue weighted by molar-refractivity contribution is 9.10. The molecule has 1 aliphatic heterocycles. The van der Waals surface area contributed by atoms with E-state index in [4.69, 9.17) is 9.47 Å². The highest BCUT2D eigenvalue weighted by atomic mass is 79.9. The zero-order valence-corrected chi connectivity index (χ0v) is 10.9.